The lowest BCUT2D eigenvalue weighted by atomic mass is 10.0. The van der Waals surface area contributed by atoms with Crippen LogP contribution in [0.3, 0.4) is 0 Å². The van der Waals surface area contributed by atoms with Crippen molar-refractivity contribution in [3.63, 3.8) is 0 Å². The van der Waals surface area contributed by atoms with E-state index in [1.54, 1.807) is 26.5 Å². The summed E-state index contributed by atoms with van der Waals surface area (Å²) in [4.78, 5) is 0. The molecule has 0 saturated carbocycles. The summed E-state index contributed by atoms with van der Waals surface area (Å²) in [6.07, 6.45) is 1.62. The second-order valence-electron chi connectivity index (χ2n) is 5.00. The summed E-state index contributed by atoms with van der Waals surface area (Å²) in [7, 11) is 3.21. The Balaban J connectivity index is 2.49. The standard InChI is InChI=1S/C15H20ClN3O2/c1-9(2)19-15(12(16)8-18-19)14(17)11-6-5-10(20-3)7-13(11)21-4/h5-9,14H,17H2,1-4H3. The number of methoxy groups -OCH3 is 2. The number of halogens is 1. The average molecular weight is 310 g/mol. The van der Waals surface area contributed by atoms with Gasteiger partial charge in [-0.05, 0) is 26.0 Å². The topological polar surface area (TPSA) is 62.3 Å². The van der Waals surface area contributed by atoms with Crippen LogP contribution in [0.1, 0.15) is 37.2 Å². The molecule has 1 aromatic heterocycles. The average Bonchev–Trinajstić information content (AvgIpc) is 2.87. The molecule has 0 radical (unpaired) electrons. The molecule has 1 unspecified atom stereocenters. The molecule has 0 saturated heterocycles. The zero-order chi connectivity index (χ0) is 15.6. The minimum atomic E-state index is -0.428. The van der Waals surface area contributed by atoms with E-state index in [-0.39, 0.29) is 6.04 Å². The van der Waals surface area contributed by atoms with E-state index in [1.165, 1.54) is 0 Å². The summed E-state index contributed by atoms with van der Waals surface area (Å²) in [5, 5.41) is 4.84. The Kier molecular flexibility index (Phi) is 4.75. The van der Waals surface area contributed by atoms with Crippen molar-refractivity contribution >= 4 is 11.6 Å². The summed E-state index contributed by atoms with van der Waals surface area (Å²) in [6.45, 7) is 4.07. The van der Waals surface area contributed by atoms with Crippen molar-refractivity contribution in [2.24, 2.45) is 5.73 Å². The van der Waals surface area contributed by atoms with Crippen molar-refractivity contribution < 1.29 is 9.47 Å². The van der Waals surface area contributed by atoms with Crippen molar-refractivity contribution in [2.45, 2.75) is 25.9 Å². The molecule has 0 bridgehead atoms. The van der Waals surface area contributed by atoms with Crippen LogP contribution in [0.25, 0.3) is 0 Å². The van der Waals surface area contributed by atoms with Crippen LogP contribution >= 0.6 is 11.6 Å². The Labute approximate surface area is 129 Å². The molecular formula is C15H20ClN3O2. The third-order valence-electron chi connectivity index (χ3n) is 3.35. The fraction of sp³-hybridized carbons (Fsp3) is 0.400. The predicted molar refractivity (Wildman–Crippen MR) is 83.2 cm³/mol. The molecule has 114 valence electrons. The number of nitrogens with two attached hydrogens (primary N) is 1. The molecule has 0 aliphatic heterocycles. The van der Waals surface area contributed by atoms with E-state index in [0.29, 0.717) is 16.5 Å². The Morgan fingerprint density at radius 1 is 1.24 bits per heavy atom. The molecule has 2 aromatic rings. The van der Waals surface area contributed by atoms with Crippen LogP contribution < -0.4 is 15.2 Å². The summed E-state index contributed by atoms with van der Waals surface area (Å²) >= 11 is 6.26. The van der Waals surface area contributed by atoms with Crippen molar-refractivity contribution in [1.29, 1.82) is 0 Å². The molecule has 1 atom stereocenters. The van der Waals surface area contributed by atoms with Gasteiger partial charge in [-0.15, -0.1) is 0 Å². The third kappa shape index (κ3) is 2.99. The first-order chi connectivity index (χ1) is 9.99. The van der Waals surface area contributed by atoms with Gasteiger partial charge < -0.3 is 15.2 Å². The maximum absolute atomic E-state index is 6.40. The molecule has 0 spiro atoms. The van der Waals surface area contributed by atoms with Gasteiger partial charge in [0.2, 0.25) is 0 Å². The summed E-state index contributed by atoms with van der Waals surface area (Å²) in [6, 6.07) is 5.28. The maximum Gasteiger partial charge on any atom is 0.127 e. The number of rotatable bonds is 5. The van der Waals surface area contributed by atoms with Gasteiger partial charge in [0.25, 0.3) is 0 Å². The van der Waals surface area contributed by atoms with E-state index in [2.05, 4.69) is 5.10 Å². The number of hydrogen-bond donors (Lipinski definition) is 1. The summed E-state index contributed by atoms with van der Waals surface area (Å²) < 4.78 is 12.4. The van der Waals surface area contributed by atoms with E-state index in [4.69, 9.17) is 26.8 Å². The van der Waals surface area contributed by atoms with Gasteiger partial charge in [0.15, 0.2) is 0 Å². The summed E-state index contributed by atoms with van der Waals surface area (Å²) in [5.41, 5.74) is 8.01. The Morgan fingerprint density at radius 2 is 1.95 bits per heavy atom. The van der Waals surface area contributed by atoms with Crippen molar-refractivity contribution in [1.82, 2.24) is 9.78 Å². The molecule has 2 rings (SSSR count). The number of nitrogens with zero attached hydrogens (tertiary/aromatic N) is 2. The Morgan fingerprint density at radius 3 is 2.52 bits per heavy atom. The zero-order valence-electron chi connectivity index (χ0n) is 12.6. The van der Waals surface area contributed by atoms with Crippen LogP contribution in [0.4, 0.5) is 0 Å². The molecule has 0 fully saturated rings. The lowest BCUT2D eigenvalue weighted by Gasteiger charge is -2.20. The van der Waals surface area contributed by atoms with Gasteiger partial charge in [0, 0.05) is 17.7 Å². The normalized spacial score (nSPS) is 12.5. The van der Waals surface area contributed by atoms with Crippen LogP contribution in [0.2, 0.25) is 5.02 Å². The molecular weight excluding hydrogens is 290 g/mol. The van der Waals surface area contributed by atoms with E-state index in [0.717, 1.165) is 11.3 Å². The Hall–Kier alpha value is -1.72. The first-order valence-electron chi connectivity index (χ1n) is 6.70. The molecule has 5 nitrogen and oxygen atoms in total. The fourth-order valence-corrected chi connectivity index (χ4v) is 2.52. The molecule has 0 aliphatic carbocycles. The monoisotopic (exact) mass is 309 g/mol. The number of hydrogen-bond acceptors (Lipinski definition) is 4. The van der Waals surface area contributed by atoms with Gasteiger partial charge >= 0.3 is 0 Å². The van der Waals surface area contributed by atoms with Crippen LogP contribution in [0.5, 0.6) is 11.5 Å². The lowest BCUT2D eigenvalue weighted by Crippen LogP contribution is -2.19. The predicted octanol–water partition coefficient (Wildman–Crippen LogP) is 3.18. The first kappa shape index (κ1) is 15.7. The largest absolute Gasteiger partial charge is 0.497 e. The quantitative estimate of drug-likeness (QED) is 0.921. The molecule has 0 amide bonds. The number of benzene rings is 1. The van der Waals surface area contributed by atoms with Crippen molar-refractivity contribution in [3.05, 3.63) is 40.7 Å². The SMILES string of the molecule is COc1ccc(C(N)c2c(Cl)cnn2C(C)C)c(OC)c1. The van der Waals surface area contributed by atoms with Crippen LogP contribution in [-0.2, 0) is 0 Å². The minimum absolute atomic E-state index is 0.169. The molecule has 1 aromatic carbocycles. The van der Waals surface area contributed by atoms with Gasteiger partial charge in [0.1, 0.15) is 11.5 Å². The van der Waals surface area contributed by atoms with E-state index in [1.807, 2.05) is 30.7 Å². The highest BCUT2D eigenvalue weighted by Gasteiger charge is 2.23. The Bertz CT molecular complexity index is 625. The van der Waals surface area contributed by atoms with E-state index in [9.17, 15) is 0 Å². The van der Waals surface area contributed by atoms with Crippen molar-refractivity contribution in [2.75, 3.05) is 14.2 Å². The molecule has 1 heterocycles. The van der Waals surface area contributed by atoms with Gasteiger partial charge in [0.05, 0.1) is 37.2 Å². The lowest BCUT2D eigenvalue weighted by molar-refractivity contribution is 0.388. The highest BCUT2D eigenvalue weighted by Crippen LogP contribution is 2.35. The second-order valence-corrected chi connectivity index (χ2v) is 5.41. The van der Waals surface area contributed by atoms with Crippen molar-refractivity contribution in [3.8, 4) is 11.5 Å². The highest BCUT2D eigenvalue weighted by molar-refractivity contribution is 6.31. The maximum atomic E-state index is 6.40. The second kappa shape index (κ2) is 6.37. The van der Waals surface area contributed by atoms with E-state index >= 15 is 0 Å². The van der Waals surface area contributed by atoms with Gasteiger partial charge in [-0.2, -0.15) is 5.10 Å². The molecule has 2 N–H and O–H groups in total. The van der Waals surface area contributed by atoms with Crippen LogP contribution in [0, 0.1) is 0 Å². The number of aromatic nitrogens is 2. The highest BCUT2D eigenvalue weighted by atomic mass is 35.5. The first-order valence-corrected chi connectivity index (χ1v) is 7.07. The smallest absolute Gasteiger partial charge is 0.127 e. The molecule has 0 aliphatic rings. The number of ether oxygens (including phenoxy) is 2. The van der Waals surface area contributed by atoms with Crippen LogP contribution in [-0.4, -0.2) is 24.0 Å². The molecule has 6 heteroatoms. The van der Waals surface area contributed by atoms with E-state index < -0.39 is 6.04 Å². The third-order valence-corrected chi connectivity index (χ3v) is 3.64. The van der Waals surface area contributed by atoms with Crippen LogP contribution in [0.15, 0.2) is 24.4 Å². The minimum Gasteiger partial charge on any atom is -0.497 e. The van der Waals surface area contributed by atoms with Gasteiger partial charge in [-0.3, -0.25) is 4.68 Å². The van der Waals surface area contributed by atoms with Gasteiger partial charge in [-0.25, -0.2) is 0 Å². The van der Waals surface area contributed by atoms with Gasteiger partial charge in [-0.1, -0.05) is 11.6 Å². The molecule has 21 heavy (non-hydrogen) atoms. The zero-order valence-corrected chi connectivity index (χ0v) is 13.4. The summed E-state index contributed by atoms with van der Waals surface area (Å²) in [5.74, 6) is 1.38. The fourth-order valence-electron chi connectivity index (χ4n) is 2.28.